The summed E-state index contributed by atoms with van der Waals surface area (Å²) in [6, 6.07) is 5.89. The molecule has 8 heteroatoms. The summed E-state index contributed by atoms with van der Waals surface area (Å²) in [5.41, 5.74) is 2.52. The molecule has 1 aromatic carbocycles. The fourth-order valence-electron chi connectivity index (χ4n) is 4.49. The molecule has 2 aliphatic rings. The van der Waals surface area contributed by atoms with Crippen LogP contribution in [0.15, 0.2) is 30.0 Å². The Balaban J connectivity index is 1.84. The Morgan fingerprint density at radius 3 is 2.76 bits per heavy atom. The molecule has 8 nitrogen and oxygen atoms in total. The molecule has 4 rings (SSSR count). The Kier molecular flexibility index (Phi) is 6.38. The minimum absolute atomic E-state index is 0.0120. The molecule has 0 spiro atoms. The van der Waals surface area contributed by atoms with Crippen LogP contribution in [-0.4, -0.2) is 64.8 Å². The summed E-state index contributed by atoms with van der Waals surface area (Å²) in [7, 11) is 1.67. The van der Waals surface area contributed by atoms with Crippen LogP contribution in [0.3, 0.4) is 0 Å². The van der Waals surface area contributed by atoms with Gasteiger partial charge in [0.25, 0.3) is 0 Å². The summed E-state index contributed by atoms with van der Waals surface area (Å²) in [6.45, 7) is 10.2. The van der Waals surface area contributed by atoms with Crippen LogP contribution < -0.4 is 4.74 Å². The van der Waals surface area contributed by atoms with Gasteiger partial charge in [0.2, 0.25) is 5.71 Å². The van der Waals surface area contributed by atoms with E-state index in [1.807, 2.05) is 22.9 Å². The molecular formula is C25H32N3O5+. The Morgan fingerprint density at radius 1 is 1.27 bits per heavy atom. The molecule has 0 radical (unpaired) electrons. The van der Waals surface area contributed by atoms with E-state index in [1.165, 1.54) is 0 Å². The molecule has 1 atom stereocenters. The van der Waals surface area contributed by atoms with E-state index >= 15 is 0 Å². The summed E-state index contributed by atoms with van der Waals surface area (Å²) in [5, 5.41) is 5.84. The first-order valence-electron chi connectivity index (χ1n) is 11.4. The Bertz CT molecular complexity index is 1150. The number of ether oxygens (including phenoxy) is 3. The van der Waals surface area contributed by atoms with Crippen molar-refractivity contribution in [3.05, 3.63) is 35.7 Å². The van der Waals surface area contributed by atoms with Gasteiger partial charge in [-0.25, -0.2) is 4.79 Å². The monoisotopic (exact) mass is 454 g/mol. The van der Waals surface area contributed by atoms with Crippen molar-refractivity contribution in [1.29, 1.82) is 0 Å². The van der Waals surface area contributed by atoms with Crippen LogP contribution in [0.4, 0.5) is 0 Å². The zero-order chi connectivity index (χ0) is 23.8. The maximum absolute atomic E-state index is 13.0. The second-order valence-corrected chi connectivity index (χ2v) is 9.48. The van der Waals surface area contributed by atoms with Gasteiger partial charge < -0.3 is 14.2 Å². The first-order chi connectivity index (χ1) is 15.8. The van der Waals surface area contributed by atoms with Crippen molar-refractivity contribution in [2.24, 2.45) is 5.41 Å². The molecule has 0 bridgehead atoms. The Morgan fingerprint density at radius 2 is 2.06 bits per heavy atom. The molecule has 2 aromatic rings. The van der Waals surface area contributed by atoms with Gasteiger partial charge in [0, 0.05) is 30.9 Å². The lowest BCUT2D eigenvalue weighted by Crippen LogP contribution is -2.48. The van der Waals surface area contributed by atoms with Crippen molar-refractivity contribution < 1.29 is 28.4 Å². The summed E-state index contributed by atoms with van der Waals surface area (Å²) in [5.74, 6) is -0.0816. The predicted octanol–water partition coefficient (Wildman–Crippen LogP) is 3.10. The first-order valence-corrected chi connectivity index (χ1v) is 11.4. The number of hydrogen-bond acceptors (Lipinski definition) is 6. The van der Waals surface area contributed by atoms with Gasteiger partial charge in [0.15, 0.2) is 23.6 Å². The van der Waals surface area contributed by atoms with E-state index in [1.54, 1.807) is 20.2 Å². The molecule has 0 N–H and O–H groups in total. The van der Waals surface area contributed by atoms with E-state index in [-0.39, 0.29) is 35.8 Å². The van der Waals surface area contributed by atoms with E-state index in [0.29, 0.717) is 19.8 Å². The number of carbonyl (C=O) groups excluding carboxylic acids is 2. The average molecular weight is 455 g/mol. The highest BCUT2D eigenvalue weighted by atomic mass is 16.5. The maximum Gasteiger partial charge on any atom is 0.347 e. The van der Waals surface area contributed by atoms with Crippen LogP contribution in [0.25, 0.3) is 10.9 Å². The molecule has 0 amide bonds. The van der Waals surface area contributed by atoms with Crippen LogP contribution in [0, 0.1) is 5.41 Å². The Labute approximate surface area is 193 Å². The van der Waals surface area contributed by atoms with Crippen molar-refractivity contribution in [3.8, 4) is 5.75 Å². The van der Waals surface area contributed by atoms with Crippen molar-refractivity contribution >= 4 is 28.4 Å². The molecule has 0 unspecified atom stereocenters. The largest absolute Gasteiger partial charge is 0.491 e. The normalized spacial score (nSPS) is 18.2. The van der Waals surface area contributed by atoms with Gasteiger partial charge in [-0.3, -0.25) is 9.48 Å². The number of benzene rings is 1. The number of carbonyl (C=O) groups is 2. The minimum atomic E-state index is -0.565. The fourth-order valence-corrected chi connectivity index (χ4v) is 4.49. The van der Waals surface area contributed by atoms with Gasteiger partial charge >= 0.3 is 5.97 Å². The van der Waals surface area contributed by atoms with Crippen LogP contribution in [0.1, 0.15) is 46.2 Å². The lowest BCUT2D eigenvalue weighted by Gasteiger charge is -2.32. The van der Waals surface area contributed by atoms with E-state index in [9.17, 15) is 9.59 Å². The second-order valence-electron chi connectivity index (χ2n) is 9.48. The summed E-state index contributed by atoms with van der Waals surface area (Å²) in [4.78, 5) is 25.4. The number of Topliss-reactive ketones (excluding diaryl/α,β-unsaturated/α-hetero) is 1. The predicted molar refractivity (Wildman–Crippen MR) is 124 cm³/mol. The van der Waals surface area contributed by atoms with Crippen LogP contribution in [0.2, 0.25) is 0 Å². The van der Waals surface area contributed by atoms with Gasteiger partial charge in [-0.05, 0) is 13.0 Å². The standard InChI is InChI=1S/C25H32N3O5/c1-6-32-24(30)17-14-27-18(13-19(17)29)23-16-9-7-10-20(33-12-8-11-31-5)22(16)26-28(23)15-21(27)25(2,3)4/h7,9-10,14,21H,6,8,11-13,15H2,1-5H3/q+1/t21-/m0/s1. The quantitative estimate of drug-likeness (QED) is 0.277. The average Bonchev–Trinajstić information content (AvgIpc) is 3.15. The zero-order valence-corrected chi connectivity index (χ0v) is 20.0. The molecule has 176 valence electrons. The smallest absolute Gasteiger partial charge is 0.347 e. The van der Waals surface area contributed by atoms with Crippen LogP contribution >= 0.6 is 0 Å². The van der Waals surface area contributed by atoms with Gasteiger partial charge in [0.05, 0.1) is 19.6 Å². The van der Waals surface area contributed by atoms with Gasteiger partial charge in [0.1, 0.15) is 23.5 Å². The van der Waals surface area contributed by atoms with Gasteiger partial charge in [-0.1, -0.05) is 32.9 Å². The fraction of sp³-hybridized carbons (Fsp3) is 0.520. The third kappa shape index (κ3) is 4.31. The first kappa shape index (κ1) is 23.2. The lowest BCUT2D eigenvalue weighted by atomic mass is 9.83. The molecule has 0 fully saturated rings. The topological polar surface area (TPSA) is 82.7 Å². The van der Waals surface area contributed by atoms with Gasteiger partial charge in [-0.15, -0.1) is 0 Å². The molecular weight excluding hydrogens is 422 g/mol. The lowest BCUT2D eigenvalue weighted by molar-refractivity contribution is -0.526. The van der Waals surface area contributed by atoms with Gasteiger partial charge in [-0.2, -0.15) is 9.67 Å². The highest BCUT2D eigenvalue weighted by Gasteiger charge is 2.46. The highest BCUT2D eigenvalue weighted by molar-refractivity contribution is 6.26. The van der Waals surface area contributed by atoms with Crippen molar-refractivity contribution in [2.45, 2.75) is 53.1 Å². The summed E-state index contributed by atoms with van der Waals surface area (Å²) >= 11 is 0. The minimum Gasteiger partial charge on any atom is -0.491 e. The number of esters is 1. The number of rotatable bonds is 7. The molecule has 0 saturated carbocycles. The molecule has 33 heavy (non-hydrogen) atoms. The third-order valence-electron chi connectivity index (χ3n) is 6.14. The SMILES string of the molecule is CCOC(=O)C1=C[N+]2=C(CC1=O)c1c3cccc(OCCCOC)c3nn1C[C@H]2C(C)(C)C. The maximum atomic E-state index is 13.0. The third-order valence-corrected chi connectivity index (χ3v) is 6.14. The number of fused-ring (bicyclic) bond motifs is 4. The molecule has 0 saturated heterocycles. The summed E-state index contributed by atoms with van der Waals surface area (Å²) < 4.78 is 20.3. The number of methoxy groups -OCH3 is 1. The number of aromatic nitrogens is 2. The zero-order valence-electron chi connectivity index (χ0n) is 20.0. The number of ketones is 1. The highest BCUT2D eigenvalue weighted by Crippen LogP contribution is 2.36. The molecule has 0 aliphatic carbocycles. The van der Waals surface area contributed by atoms with Crippen LogP contribution in [0.5, 0.6) is 5.75 Å². The van der Waals surface area contributed by atoms with E-state index in [0.717, 1.165) is 34.5 Å². The van der Waals surface area contributed by atoms with Crippen LogP contribution in [-0.2, 0) is 25.6 Å². The van der Waals surface area contributed by atoms with Crippen molar-refractivity contribution in [2.75, 3.05) is 26.9 Å². The van der Waals surface area contributed by atoms with E-state index in [4.69, 9.17) is 19.3 Å². The molecule has 3 heterocycles. The molecule has 2 aliphatic heterocycles. The number of nitrogens with zero attached hydrogens (tertiary/aromatic N) is 3. The van der Waals surface area contributed by atoms with E-state index < -0.39 is 5.97 Å². The van der Waals surface area contributed by atoms with Crippen molar-refractivity contribution in [1.82, 2.24) is 9.78 Å². The Hall–Kier alpha value is -3.00. The van der Waals surface area contributed by atoms with E-state index in [2.05, 4.69) is 25.3 Å². The van der Waals surface area contributed by atoms with Crippen molar-refractivity contribution in [3.63, 3.8) is 0 Å². The molecule has 1 aromatic heterocycles. The number of hydrogen-bond donors (Lipinski definition) is 0. The summed E-state index contributed by atoms with van der Waals surface area (Å²) in [6.07, 6.45) is 2.59. The second kappa shape index (κ2) is 9.09.